The molecule has 0 aromatic heterocycles. The van der Waals surface area contributed by atoms with E-state index in [2.05, 4.69) is 60.7 Å². The van der Waals surface area contributed by atoms with Crippen LogP contribution in [0.15, 0.2) is 158 Å². The number of hydrogen-bond donors (Lipinski definition) is 0. The van der Waals surface area contributed by atoms with Gasteiger partial charge in [0.05, 0.1) is 0 Å². The molecular weight excluding hydrogens is 708 g/mol. The molecule has 0 aliphatic carbocycles. The average Bonchev–Trinajstić information content (AvgIpc) is 3.10. The van der Waals surface area contributed by atoms with Gasteiger partial charge in [-0.25, -0.2) is 0 Å². The molecular formula is C39H28ClNO2Se2. The number of carbonyl (C=O) groups is 2. The zero-order valence-corrected chi connectivity index (χ0v) is 28.4. The Labute approximate surface area is 281 Å². The van der Waals surface area contributed by atoms with Gasteiger partial charge in [-0.05, 0) is 11.6 Å². The van der Waals surface area contributed by atoms with Gasteiger partial charge in [-0.15, -0.1) is 0 Å². The molecule has 2 aliphatic rings. The normalized spacial score (nSPS) is 12.0. The van der Waals surface area contributed by atoms with E-state index in [1.54, 1.807) is 33.2 Å². The number of rotatable bonds is 2. The van der Waals surface area contributed by atoms with Crippen molar-refractivity contribution in [2.24, 2.45) is 0 Å². The molecule has 0 saturated carbocycles. The van der Waals surface area contributed by atoms with Crippen LogP contribution >= 0.6 is 11.6 Å². The Kier molecular flexibility index (Phi) is 10.1. The summed E-state index contributed by atoms with van der Waals surface area (Å²) in [6.45, 7) is 0. The molecule has 2 aliphatic heterocycles. The van der Waals surface area contributed by atoms with E-state index >= 15 is 0 Å². The van der Waals surface area contributed by atoms with E-state index in [9.17, 15) is 9.59 Å². The number of carbonyl (C=O) groups excluding carboxylic acids is 2. The number of para-hydroxylation sites is 2. The second kappa shape index (κ2) is 14.7. The number of benzene rings is 6. The van der Waals surface area contributed by atoms with Crippen LogP contribution in [0.1, 0.15) is 31.8 Å². The standard InChI is InChI=1S/C19H13NOSe.C13H10Se.C7H5ClO/c21-19(14-8-2-1-3-9-14)20-15-10-4-6-12-17(15)22-18-13-7-5-11-16(18)20;1-3-7-12-10(5-1)9-11-6-2-4-8-13(11)14-12;8-7(9)6-4-2-1-3-5-6/h1-13H;1-8H,9H2;1-5H. The molecule has 0 bridgehead atoms. The van der Waals surface area contributed by atoms with Crippen LogP contribution in [0.4, 0.5) is 11.4 Å². The molecule has 6 aromatic carbocycles. The zero-order valence-electron chi connectivity index (χ0n) is 24.2. The minimum atomic E-state index is -0.407. The maximum atomic E-state index is 13.1. The van der Waals surface area contributed by atoms with Crippen LogP contribution < -0.4 is 22.7 Å². The second-order valence-corrected chi connectivity index (χ2v) is 15.1. The van der Waals surface area contributed by atoms with Gasteiger partial charge in [0, 0.05) is 5.56 Å². The monoisotopic (exact) mass is 737 g/mol. The van der Waals surface area contributed by atoms with Crippen LogP contribution in [0.5, 0.6) is 0 Å². The first-order chi connectivity index (χ1) is 22.1. The van der Waals surface area contributed by atoms with E-state index in [0.717, 1.165) is 17.8 Å². The molecule has 6 heteroatoms. The van der Waals surface area contributed by atoms with Gasteiger partial charge in [-0.1, -0.05) is 30.3 Å². The summed E-state index contributed by atoms with van der Waals surface area (Å²) in [7, 11) is 0. The molecule has 6 aromatic rings. The van der Waals surface area contributed by atoms with Crippen molar-refractivity contribution < 1.29 is 9.59 Å². The second-order valence-electron chi connectivity index (χ2n) is 10.2. The molecule has 1 amide bonds. The third kappa shape index (κ3) is 7.37. The molecule has 0 saturated heterocycles. The number of amides is 1. The van der Waals surface area contributed by atoms with E-state index in [1.165, 1.54) is 20.1 Å². The summed E-state index contributed by atoms with van der Waals surface area (Å²) in [5.74, 6) is 0.0241. The topological polar surface area (TPSA) is 37.4 Å². The van der Waals surface area contributed by atoms with Gasteiger partial charge < -0.3 is 0 Å². The summed E-state index contributed by atoms with van der Waals surface area (Å²) in [6, 6.07) is 52.2. The number of halogens is 1. The average molecular weight is 736 g/mol. The fraction of sp³-hybridized carbons (Fsp3) is 0.0256. The van der Waals surface area contributed by atoms with Crippen molar-refractivity contribution in [3.05, 3.63) is 180 Å². The van der Waals surface area contributed by atoms with Gasteiger partial charge >= 0.3 is 225 Å². The molecule has 2 heterocycles. The predicted octanol–water partition coefficient (Wildman–Crippen LogP) is 5.94. The van der Waals surface area contributed by atoms with Crippen molar-refractivity contribution in [1.82, 2.24) is 0 Å². The molecule has 0 atom stereocenters. The van der Waals surface area contributed by atoms with Crippen LogP contribution in [-0.4, -0.2) is 41.1 Å². The van der Waals surface area contributed by atoms with Crippen LogP contribution in [-0.2, 0) is 6.42 Å². The number of nitrogens with zero attached hydrogens (tertiary/aromatic N) is 1. The van der Waals surface area contributed by atoms with Crippen molar-refractivity contribution >= 4 is 81.9 Å². The molecule has 8 rings (SSSR count). The molecule has 0 N–H and O–H groups in total. The Hall–Kier alpha value is -4.21. The summed E-state index contributed by atoms with van der Waals surface area (Å²) in [5.41, 5.74) is 6.31. The number of anilines is 2. The summed E-state index contributed by atoms with van der Waals surface area (Å²) >= 11 is 5.92. The first kappa shape index (κ1) is 30.8. The van der Waals surface area contributed by atoms with Crippen molar-refractivity contribution in [2.45, 2.75) is 6.42 Å². The maximum absolute atomic E-state index is 13.1. The summed E-state index contributed by atoms with van der Waals surface area (Å²) in [6.07, 6.45) is 1.12. The van der Waals surface area contributed by atoms with Crippen molar-refractivity contribution in [3.63, 3.8) is 0 Å². The predicted molar refractivity (Wildman–Crippen MR) is 188 cm³/mol. The summed E-state index contributed by atoms with van der Waals surface area (Å²) < 4.78 is 5.60. The third-order valence-corrected chi connectivity index (χ3v) is 12.4. The molecule has 0 radical (unpaired) electrons. The first-order valence-corrected chi connectivity index (χ1v) is 18.2. The van der Waals surface area contributed by atoms with Crippen molar-refractivity contribution in [1.29, 1.82) is 0 Å². The number of hydrogen-bond acceptors (Lipinski definition) is 2. The van der Waals surface area contributed by atoms with Crippen LogP contribution in [0.25, 0.3) is 0 Å². The van der Waals surface area contributed by atoms with Gasteiger partial charge in [0.15, 0.2) is 0 Å². The molecule has 0 unspecified atom stereocenters. The summed E-state index contributed by atoms with van der Waals surface area (Å²) in [5, 5.41) is -0.407. The van der Waals surface area contributed by atoms with Crippen molar-refractivity contribution in [2.75, 3.05) is 4.90 Å². The van der Waals surface area contributed by atoms with Crippen LogP contribution in [0, 0.1) is 0 Å². The van der Waals surface area contributed by atoms with E-state index in [0.29, 0.717) is 26.1 Å². The summed E-state index contributed by atoms with van der Waals surface area (Å²) in [4.78, 5) is 25.3. The SMILES string of the molecule is O=C(Cl)c1ccccc1.O=C(c1ccccc1)N1c2ccccc2[Se]c2ccccc21.c1ccc2c(c1)Cc1ccccc1[Se]2. The molecule has 220 valence electrons. The van der Waals surface area contributed by atoms with E-state index in [1.807, 2.05) is 77.7 Å². The third-order valence-electron chi connectivity index (χ3n) is 7.20. The van der Waals surface area contributed by atoms with E-state index < -0.39 is 5.24 Å². The van der Waals surface area contributed by atoms with Gasteiger partial charge in [0.2, 0.25) is 0 Å². The van der Waals surface area contributed by atoms with E-state index in [4.69, 9.17) is 11.6 Å². The molecule has 45 heavy (non-hydrogen) atoms. The molecule has 0 fully saturated rings. The minimum absolute atomic E-state index is 0.0241. The zero-order chi connectivity index (χ0) is 31.0. The Bertz CT molecular complexity index is 1810. The van der Waals surface area contributed by atoms with Gasteiger partial charge in [-0.2, -0.15) is 0 Å². The van der Waals surface area contributed by atoms with Crippen molar-refractivity contribution in [3.8, 4) is 0 Å². The molecule has 3 nitrogen and oxygen atoms in total. The fourth-order valence-electron chi connectivity index (χ4n) is 5.02. The fourth-order valence-corrected chi connectivity index (χ4v) is 9.62. The van der Waals surface area contributed by atoms with Crippen LogP contribution in [0.2, 0.25) is 0 Å². The molecule has 0 spiro atoms. The first-order valence-electron chi connectivity index (χ1n) is 14.4. The van der Waals surface area contributed by atoms with E-state index in [-0.39, 0.29) is 20.9 Å². The van der Waals surface area contributed by atoms with Gasteiger partial charge in [-0.3, -0.25) is 4.79 Å². The Balaban J connectivity index is 0.000000132. The quantitative estimate of drug-likeness (QED) is 0.163. The Morgan fingerprint density at radius 1 is 0.467 bits per heavy atom. The van der Waals surface area contributed by atoms with Gasteiger partial charge in [0.25, 0.3) is 5.24 Å². The Morgan fingerprint density at radius 2 is 0.844 bits per heavy atom. The number of fused-ring (bicyclic) bond motifs is 4. The Morgan fingerprint density at radius 3 is 1.31 bits per heavy atom. The van der Waals surface area contributed by atoms with Crippen LogP contribution in [0.3, 0.4) is 0 Å². The van der Waals surface area contributed by atoms with Gasteiger partial charge in [0.1, 0.15) is 0 Å².